The first kappa shape index (κ1) is 28.1. The summed E-state index contributed by atoms with van der Waals surface area (Å²) in [6, 6.07) is 56.3. The Morgan fingerprint density at radius 1 is 0.420 bits per heavy atom. The fourth-order valence-corrected chi connectivity index (χ4v) is 7.03. The average molecular weight is 641 g/mol. The average Bonchev–Trinajstić information content (AvgIpc) is 3.76. The van der Waals surface area contributed by atoms with Crippen LogP contribution < -0.4 is 0 Å². The topological polar surface area (TPSA) is 61.4 Å². The number of aromatic nitrogens is 6. The van der Waals surface area contributed by atoms with Gasteiger partial charge < -0.3 is 4.57 Å². The zero-order valence-electron chi connectivity index (χ0n) is 26.8. The highest BCUT2D eigenvalue weighted by atomic mass is 15.2. The Labute approximate surface area is 287 Å². The van der Waals surface area contributed by atoms with E-state index < -0.39 is 0 Å². The van der Waals surface area contributed by atoms with Crippen LogP contribution in [-0.4, -0.2) is 29.1 Å². The molecule has 0 atom stereocenters. The molecule has 0 aliphatic carbocycles. The van der Waals surface area contributed by atoms with Crippen molar-refractivity contribution in [1.29, 1.82) is 0 Å². The van der Waals surface area contributed by atoms with Gasteiger partial charge >= 0.3 is 0 Å². The molecule has 0 fully saturated rings. The molecule has 0 unspecified atom stereocenters. The van der Waals surface area contributed by atoms with Gasteiger partial charge in [0.1, 0.15) is 5.69 Å². The molecule has 0 bridgehead atoms. The second kappa shape index (κ2) is 11.4. The number of hydrogen-bond donors (Lipinski definition) is 0. The first-order chi connectivity index (χ1) is 24.8. The number of nitrogens with zero attached hydrogens (tertiary/aromatic N) is 6. The zero-order valence-corrected chi connectivity index (χ0v) is 26.8. The van der Waals surface area contributed by atoms with Gasteiger partial charge in [0.15, 0.2) is 5.82 Å². The molecule has 4 heterocycles. The molecule has 50 heavy (non-hydrogen) atoms. The van der Waals surface area contributed by atoms with Crippen LogP contribution in [0.25, 0.3) is 89.3 Å². The largest absolute Gasteiger partial charge is 0.316 e. The Balaban J connectivity index is 1.26. The molecular weight excluding hydrogens is 613 g/mol. The van der Waals surface area contributed by atoms with Crippen molar-refractivity contribution in [3.63, 3.8) is 0 Å². The Kier molecular flexibility index (Phi) is 6.39. The summed E-state index contributed by atoms with van der Waals surface area (Å²) in [7, 11) is 0. The SMILES string of the molecule is c1ccc(-c2cc(-c3ccccc3)nc(-c3nc(-n4c5ccccc5c5cc6ccn(-c7ccccc7)c6cc54)nc4ccccc34)n2)cc1. The van der Waals surface area contributed by atoms with E-state index in [2.05, 4.69) is 118 Å². The molecule has 0 spiro atoms. The fraction of sp³-hybridized carbons (Fsp3) is 0. The van der Waals surface area contributed by atoms with Crippen LogP contribution in [-0.2, 0) is 0 Å². The van der Waals surface area contributed by atoms with Crippen molar-refractivity contribution in [2.45, 2.75) is 0 Å². The maximum Gasteiger partial charge on any atom is 0.235 e. The molecule has 0 saturated carbocycles. The molecule has 0 amide bonds. The van der Waals surface area contributed by atoms with Gasteiger partial charge in [-0.2, -0.15) is 0 Å². The highest BCUT2D eigenvalue weighted by Gasteiger charge is 2.20. The Bertz CT molecular complexity index is 2800. The molecule has 6 heteroatoms. The molecule has 6 aromatic carbocycles. The van der Waals surface area contributed by atoms with E-state index in [4.69, 9.17) is 19.9 Å². The molecule has 4 aromatic heterocycles. The molecular formula is C44H28N6. The van der Waals surface area contributed by atoms with Gasteiger partial charge in [0.25, 0.3) is 0 Å². The van der Waals surface area contributed by atoms with E-state index in [1.54, 1.807) is 0 Å². The van der Waals surface area contributed by atoms with Crippen LogP contribution in [0.3, 0.4) is 0 Å². The maximum absolute atomic E-state index is 5.35. The van der Waals surface area contributed by atoms with Gasteiger partial charge in [-0.1, -0.05) is 115 Å². The monoisotopic (exact) mass is 640 g/mol. The van der Waals surface area contributed by atoms with Crippen LogP contribution in [0.1, 0.15) is 0 Å². The van der Waals surface area contributed by atoms with Crippen molar-refractivity contribution in [1.82, 2.24) is 29.1 Å². The fourth-order valence-electron chi connectivity index (χ4n) is 7.03. The molecule has 0 saturated heterocycles. The number of rotatable bonds is 5. The molecule has 0 aliphatic heterocycles. The Hall–Kier alpha value is -6.92. The van der Waals surface area contributed by atoms with Crippen LogP contribution >= 0.6 is 0 Å². The number of hydrogen-bond acceptors (Lipinski definition) is 4. The number of fused-ring (bicyclic) bond motifs is 5. The second-order valence-electron chi connectivity index (χ2n) is 12.4. The van der Waals surface area contributed by atoms with Crippen molar-refractivity contribution in [3.05, 3.63) is 170 Å². The predicted molar refractivity (Wildman–Crippen MR) is 203 cm³/mol. The molecule has 234 valence electrons. The molecule has 0 radical (unpaired) electrons. The molecule has 0 aliphatic rings. The normalized spacial score (nSPS) is 11.6. The van der Waals surface area contributed by atoms with Gasteiger partial charge in [0.05, 0.1) is 33.5 Å². The minimum atomic E-state index is 0.547. The molecule has 10 rings (SSSR count). The van der Waals surface area contributed by atoms with Gasteiger partial charge in [-0.05, 0) is 48.5 Å². The van der Waals surface area contributed by atoms with Gasteiger partial charge in [-0.25, -0.2) is 19.9 Å². The summed E-state index contributed by atoms with van der Waals surface area (Å²) in [6.07, 6.45) is 2.14. The van der Waals surface area contributed by atoms with E-state index in [0.29, 0.717) is 17.5 Å². The van der Waals surface area contributed by atoms with Crippen molar-refractivity contribution >= 4 is 43.6 Å². The Morgan fingerprint density at radius 2 is 1.04 bits per heavy atom. The van der Waals surface area contributed by atoms with Gasteiger partial charge in [0.2, 0.25) is 5.95 Å². The van der Waals surface area contributed by atoms with Crippen LogP contribution in [0.5, 0.6) is 0 Å². The summed E-state index contributed by atoms with van der Waals surface area (Å²) in [5, 5.41) is 4.35. The van der Waals surface area contributed by atoms with Crippen LogP contribution in [0.15, 0.2) is 170 Å². The summed E-state index contributed by atoms with van der Waals surface area (Å²) < 4.78 is 4.42. The third kappa shape index (κ3) is 4.58. The van der Waals surface area contributed by atoms with Crippen molar-refractivity contribution in [2.75, 3.05) is 0 Å². The summed E-state index contributed by atoms with van der Waals surface area (Å²) in [5.74, 6) is 1.11. The summed E-state index contributed by atoms with van der Waals surface area (Å²) in [4.78, 5) is 20.9. The standard InChI is InChI=1S/C44H28N6/c1-4-14-29(15-5-1)37-27-38(30-16-6-2-7-17-30)46-43(45-37)42-34-21-10-12-22-36(34)47-44(48-42)50-39-23-13-11-20-33(39)35-26-31-24-25-49(40(31)28-41(35)50)32-18-8-3-9-19-32/h1-28H. The molecule has 10 aromatic rings. The van der Waals surface area contributed by atoms with Crippen LogP contribution in [0, 0.1) is 0 Å². The number of para-hydroxylation sites is 3. The lowest BCUT2D eigenvalue weighted by Crippen LogP contribution is -2.05. The van der Waals surface area contributed by atoms with Gasteiger partial charge in [-0.15, -0.1) is 0 Å². The first-order valence-corrected chi connectivity index (χ1v) is 16.7. The highest BCUT2D eigenvalue weighted by molar-refractivity contribution is 6.13. The summed E-state index contributed by atoms with van der Waals surface area (Å²) in [6.45, 7) is 0. The van der Waals surface area contributed by atoms with E-state index in [-0.39, 0.29) is 0 Å². The third-order valence-corrected chi connectivity index (χ3v) is 9.39. The predicted octanol–water partition coefficient (Wildman–Crippen LogP) is 10.5. The second-order valence-corrected chi connectivity index (χ2v) is 12.4. The lowest BCUT2D eigenvalue weighted by Gasteiger charge is -2.13. The molecule has 6 nitrogen and oxygen atoms in total. The third-order valence-electron chi connectivity index (χ3n) is 9.39. The summed E-state index contributed by atoms with van der Waals surface area (Å²) >= 11 is 0. The van der Waals surface area contributed by atoms with E-state index >= 15 is 0 Å². The minimum Gasteiger partial charge on any atom is -0.316 e. The van der Waals surface area contributed by atoms with E-state index in [0.717, 1.165) is 66.4 Å². The van der Waals surface area contributed by atoms with Crippen molar-refractivity contribution < 1.29 is 0 Å². The highest BCUT2D eigenvalue weighted by Crippen LogP contribution is 2.37. The first-order valence-electron chi connectivity index (χ1n) is 16.7. The van der Waals surface area contributed by atoms with Crippen molar-refractivity contribution in [2.24, 2.45) is 0 Å². The molecule has 0 N–H and O–H groups in total. The van der Waals surface area contributed by atoms with Gasteiger partial charge in [-0.3, -0.25) is 4.57 Å². The number of benzene rings is 6. The Morgan fingerprint density at radius 3 is 1.76 bits per heavy atom. The quantitative estimate of drug-likeness (QED) is 0.188. The zero-order chi connectivity index (χ0) is 33.0. The van der Waals surface area contributed by atoms with Crippen molar-refractivity contribution in [3.8, 4) is 45.7 Å². The maximum atomic E-state index is 5.35. The smallest absolute Gasteiger partial charge is 0.235 e. The minimum absolute atomic E-state index is 0.547. The van der Waals surface area contributed by atoms with Crippen LogP contribution in [0.2, 0.25) is 0 Å². The lowest BCUT2D eigenvalue weighted by molar-refractivity contribution is 1.00. The van der Waals surface area contributed by atoms with Crippen LogP contribution in [0.4, 0.5) is 0 Å². The lowest BCUT2D eigenvalue weighted by atomic mass is 10.1. The van der Waals surface area contributed by atoms with E-state index in [1.165, 1.54) is 5.39 Å². The van der Waals surface area contributed by atoms with E-state index in [9.17, 15) is 0 Å². The van der Waals surface area contributed by atoms with E-state index in [1.807, 2.05) is 60.7 Å². The van der Waals surface area contributed by atoms with Gasteiger partial charge in [0, 0.05) is 44.6 Å². The summed E-state index contributed by atoms with van der Waals surface area (Å²) in [5.41, 5.74) is 9.48.